The van der Waals surface area contributed by atoms with Crippen molar-refractivity contribution in [2.45, 2.75) is 13.0 Å². The van der Waals surface area contributed by atoms with Crippen molar-refractivity contribution in [2.24, 2.45) is 0 Å². The molecule has 0 bridgehead atoms. The van der Waals surface area contributed by atoms with Gasteiger partial charge in [0.15, 0.2) is 6.10 Å². The smallest absolute Gasteiger partial charge is 0.265 e. The van der Waals surface area contributed by atoms with E-state index in [1.165, 1.54) is 0 Å². The molecule has 0 spiro atoms. The molecule has 0 aromatic heterocycles. The minimum atomic E-state index is -0.635. The fourth-order valence-electron chi connectivity index (χ4n) is 1.58. The number of benzene rings is 2. The standard InChI is InChI=1S/C15H13Cl2NO2/c1-10(20-12-5-3-2-4-6-12)15(19)18-14-8-7-11(16)9-13(14)17/h2-10H,1H3,(H,18,19)/t10-/m0/s1. The first-order valence-electron chi connectivity index (χ1n) is 6.04. The van der Waals surface area contributed by atoms with Gasteiger partial charge < -0.3 is 10.1 Å². The molecule has 0 aliphatic heterocycles. The fraction of sp³-hybridized carbons (Fsp3) is 0.133. The van der Waals surface area contributed by atoms with Crippen LogP contribution < -0.4 is 10.1 Å². The minimum Gasteiger partial charge on any atom is -0.481 e. The van der Waals surface area contributed by atoms with Crippen LogP contribution in [0.1, 0.15) is 6.92 Å². The first kappa shape index (κ1) is 14.7. The molecule has 0 saturated heterocycles. The predicted molar refractivity (Wildman–Crippen MR) is 81.6 cm³/mol. The number of halogens is 2. The van der Waals surface area contributed by atoms with E-state index >= 15 is 0 Å². The molecule has 1 amide bonds. The van der Waals surface area contributed by atoms with E-state index in [-0.39, 0.29) is 5.91 Å². The van der Waals surface area contributed by atoms with E-state index in [1.54, 1.807) is 37.3 Å². The Kier molecular flexibility index (Phi) is 4.88. The summed E-state index contributed by atoms with van der Waals surface area (Å²) in [4.78, 5) is 12.0. The van der Waals surface area contributed by atoms with E-state index in [0.29, 0.717) is 21.5 Å². The molecule has 0 unspecified atom stereocenters. The number of anilines is 1. The van der Waals surface area contributed by atoms with Crippen molar-refractivity contribution in [1.29, 1.82) is 0 Å². The van der Waals surface area contributed by atoms with Gasteiger partial charge in [0.05, 0.1) is 10.7 Å². The van der Waals surface area contributed by atoms with E-state index in [1.807, 2.05) is 18.2 Å². The molecule has 2 rings (SSSR count). The number of hydrogen-bond acceptors (Lipinski definition) is 2. The molecule has 2 aromatic rings. The van der Waals surface area contributed by atoms with Crippen LogP contribution in [0.2, 0.25) is 10.0 Å². The van der Waals surface area contributed by atoms with Crippen molar-refractivity contribution < 1.29 is 9.53 Å². The maximum atomic E-state index is 12.0. The van der Waals surface area contributed by atoms with Crippen molar-refractivity contribution >= 4 is 34.8 Å². The summed E-state index contributed by atoms with van der Waals surface area (Å²) in [7, 11) is 0. The molecule has 2 aromatic carbocycles. The van der Waals surface area contributed by atoms with Gasteiger partial charge >= 0.3 is 0 Å². The van der Waals surface area contributed by atoms with Crippen molar-refractivity contribution in [1.82, 2.24) is 0 Å². The number of ether oxygens (including phenoxy) is 1. The van der Waals surface area contributed by atoms with Crippen LogP contribution in [0.3, 0.4) is 0 Å². The van der Waals surface area contributed by atoms with Gasteiger partial charge in [0.2, 0.25) is 0 Å². The van der Waals surface area contributed by atoms with Gasteiger partial charge in [-0.25, -0.2) is 0 Å². The van der Waals surface area contributed by atoms with Crippen LogP contribution in [0.15, 0.2) is 48.5 Å². The molecule has 0 radical (unpaired) electrons. The zero-order chi connectivity index (χ0) is 14.5. The highest BCUT2D eigenvalue weighted by Gasteiger charge is 2.16. The molecule has 20 heavy (non-hydrogen) atoms. The lowest BCUT2D eigenvalue weighted by molar-refractivity contribution is -0.122. The Balaban J connectivity index is 2.01. The number of nitrogens with one attached hydrogen (secondary N) is 1. The SMILES string of the molecule is C[C@H](Oc1ccccc1)C(=O)Nc1ccc(Cl)cc1Cl. The van der Waals surface area contributed by atoms with Gasteiger partial charge in [-0.05, 0) is 37.3 Å². The van der Waals surface area contributed by atoms with Gasteiger partial charge in [-0.1, -0.05) is 41.4 Å². The summed E-state index contributed by atoms with van der Waals surface area (Å²) >= 11 is 11.8. The van der Waals surface area contributed by atoms with Crippen LogP contribution in [0.4, 0.5) is 5.69 Å². The summed E-state index contributed by atoms with van der Waals surface area (Å²) in [6, 6.07) is 14.0. The highest BCUT2D eigenvalue weighted by Crippen LogP contribution is 2.25. The molecule has 1 atom stereocenters. The summed E-state index contributed by atoms with van der Waals surface area (Å²) in [6.07, 6.45) is -0.635. The van der Waals surface area contributed by atoms with Crippen LogP contribution >= 0.6 is 23.2 Å². The highest BCUT2D eigenvalue weighted by molar-refractivity contribution is 6.36. The van der Waals surface area contributed by atoms with Gasteiger partial charge in [-0.15, -0.1) is 0 Å². The first-order valence-corrected chi connectivity index (χ1v) is 6.79. The predicted octanol–water partition coefficient (Wildman–Crippen LogP) is 4.40. The number of para-hydroxylation sites is 1. The molecular formula is C15H13Cl2NO2. The number of rotatable bonds is 4. The molecule has 104 valence electrons. The first-order chi connectivity index (χ1) is 9.56. The Hall–Kier alpha value is -1.71. The lowest BCUT2D eigenvalue weighted by Gasteiger charge is -2.15. The summed E-state index contributed by atoms with van der Waals surface area (Å²) in [6.45, 7) is 1.67. The van der Waals surface area contributed by atoms with Crippen molar-refractivity contribution in [2.75, 3.05) is 5.32 Å². The van der Waals surface area contributed by atoms with Crippen LogP contribution in [-0.2, 0) is 4.79 Å². The van der Waals surface area contributed by atoms with E-state index < -0.39 is 6.10 Å². The zero-order valence-electron chi connectivity index (χ0n) is 10.8. The number of hydrogen-bond donors (Lipinski definition) is 1. The molecule has 0 aliphatic rings. The van der Waals surface area contributed by atoms with E-state index in [9.17, 15) is 4.79 Å². The van der Waals surface area contributed by atoms with Crippen LogP contribution in [0, 0.1) is 0 Å². The van der Waals surface area contributed by atoms with Crippen molar-refractivity contribution in [3.63, 3.8) is 0 Å². The number of carbonyl (C=O) groups is 1. The topological polar surface area (TPSA) is 38.3 Å². The summed E-state index contributed by atoms with van der Waals surface area (Å²) in [5, 5.41) is 3.61. The van der Waals surface area contributed by atoms with Gasteiger partial charge in [-0.3, -0.25) is 4.79 Å². The Bertz CT molecular complexity index is 602. The number of amides is 1. The molecular weight excluding hydrogens is 297 g/mol. The van der Waals surface area contributed by atoms with E-state index in [4.69, 9.17) is 27.9 Å². The number of carbonyl (C=O) groups excluding carboxylic acids is 1. The second-order valence-electron chi connectivity index (χ2n) is 4.19. The normalized spacial score (nSPS) is 11.8. The quantitative estimate of drug-likeness (QED) is 0.909. The second-order valence-corrected chi connectivity index (χ2v) is 5.03. The van der Waals surface area contributed by atoms with Gasteiger partial charge in [0, 0.05) is 5.02 Å². The van der Waals surface area contributed by atoms with Crippen LogP contribution in [-0.4, -0.2) is 12.0 Å². The Morgan fingerprint density at radius 3 is 2.50 bits per heavy atom. The third kappa shape index (κ3) is 3.89. The van der Waals surface area contributed by atoms with Gasteiger partial charge in [0.1, 0.15) is 5.75 Å². The zero-order valence-corrected chi connectivity index (χ0v) is 12.3. The maximum absolute atomic E-state index is 12.0. The average molecular weight is 310 g/mol. The molecule has 0 aliphatic carbocycles. The average Bonchev–Trinajstić information content (AvgIpc) is 2.43. The molecule has 3 nitrogen and oxygen atoms in total. The lowest BCUT2D eigenvalue weighted by atomic mass is 10.3. The monoisotopic (exact) mass is 309 g/mol. The molecule has 0 heterocycles. The minimum absolute atomic E-state index is 0.280. The van der Waals surface area contributed by atoms with E-state index in [0.717, 1.165) is 0 Å². The second kappa shape index (κ2) is 6.64. The lowest BCUT2D eigenvalue weighted by Crippen LogP contribution is -2.30. The Labute approximate surface area is 127 Å². The molecule has 1 N–H and O–H groups in total. The summed E-state index contributed by atoms with van der Waals surface area (Å²) in [5.41, 5.74) is 0.504. The fourth-order valence-corrected chi connectivity index (χ4v) is 2.04. The van der Waals surface area contributed by atoms with Crippen LogP contribution in [0.5, 0.6) is 5.75 Å². The Morgan fingerprint density at radius 2 is 1.85 bits per heavy atom. The highest BCUT2D eigenvalue weighted by atomic mass is 35.5. The van der Waals surface area contributed by atoms with Crippen LogP contribution in [0.25, 0.3) is 0 Å². The third-order valence-corrected chi connectivity index (χ3v) is 3.16. The third-order valence-electron chi connectivity index (χ3n) is 2.61. The molecule has 0 fully saturated rings. The summed E-state index contributed by atoms with van der Waals surface area (Å²) < 4.78 is 5.53. The summed E-state index contributed by atoms with van der Waals surface area (Å²) in [5.74, 6) is 0.357. The maximum Gasteiger partial charge on any atom is 0.265 e. The van der Waals surface area contributed by atoms with Crippen molar-refractivity contribution in [3.8, 4) is 5.75 Å². The molecule has 5 heteroatoms. The van der Waals surface area contributed by atoms with Gasteiger partial charge in [0.25, 0.3) is 5.91 Å². The van der Waals surface area contributed by atoms with Gasteiger partial charge in [-0.2, -0.15) is 0 Å². The van der Waals surface area contributed by atoms with E-state index in [2.05, 4.69) is 5.32 Å². The largest absolute Gasteiger partial charge is 0.481 e. The Morgan fingerprint density at radius 1 is 1.15 bits per heavy atom. The van der Waals surface area contributed by atoms with Crippen molar-refractivity contribution in [3.05, 3.63) is 58.6 Å². The molecule has 0 saturated carbocycles.